The monoisotopic (exact) mass is 575 g/mol. The van der Waals surface area contributed by atoms with E-state index in [2.05, 4.69) is 5.32 Å². The maximum absolute atomic E-state index is 13.9. The van der Waals surface area contributed by atoms with E-state index in [4.69, 9.17) is 23.2 Å². The van der Waals surface area contributed by atoms with E-state index in [0.717, 1.165) is 15.4 Å². The van der Waals surface area contributed by atoms with Gasteiger partial charge in [0.1, 0.15) is 12.6 Å². The number of halogens is 2. The number of aryl methyl sites for hydroxylation is 1. The van der Waals surface area contributed by atoms with Crippen molar-refractivity contribution in [2.75, 3.05) is 17.4 Å². The molecule has 10 heteroatoms. The van der Waals surface area contributed by atoms with Crippen molar-refractivity contribution in [3.8, 4) is 0 Å². The summed E-state index contributed by atoms with van der Waals surface area (Å²) in [7, 11) is -4.18. The number of anilines is 1. The predicted octanol–water partition coefficient (Wildman–Crippen LogP) is 5.44. The molecule has 0 aromatic heterocycles. The smallest absolute Gasteiger partial charge is 0.264 e. The molecule has 0 aliphatic rings. The van der Waals surface area contributed by atoms with Crippen LogP contribution in [0.4, 0.5) is 5.69 Å². The maximum atomic E-state index is 13.9. The van der Waals surface area contributed by atoms with Gasteiger partial charge in [-0.2, -0.15) is 0 Å². The van der Waals surface area contributed by atoms with Gasteiger partial charge in [-0.25, -0.2) is 8.42 Å². The molecule has 1 atom stereocenters. The number of likely N-dealkylation sites (N-methyl/N-ethyl adjacent to an activating group) is 1. The Kier molecular flexibility index (Phi) is 10.2. The summed E-state index contributed by atoms with van der Waals surface area (Å²) >= 11 is 12.5. The third-order valence-corrected chi connectivity index (χ3v) is 8.36. The van der Waals surface area contributed by atoms with Crippen LogP contribution in [0.2, 0.25) is 10.0 Å². The molecule has 0 fully saturated rings. The number of sulfonamides is 1. The number of rotatable bonds is 11. The van der Waals surface area contributed by atoms with E-state index in [9.17, 15) is 18.0 Å². The van der Waals surface area contributed by atoms with Crippen LogP contribution in [0.3, 0.4) is 0 Å². The van der Waals surface area contributed by atoms with E-state index in [1.54, 1.807) is 74.5 Å². The van der Waals surface area contributed by atoms with Gasteiger partial charge in [0.05, 0.1) is 15.6 Å². The summed E-state index contributed by atoms with van der Waals surface area (Å²) in [6.45, 7) is 5.38. The number of benzene rings is 3. The lowest BCUT2D eigenvalue weighted by atomic mass is 10.1. The second-order valence-corrected chi connectivity index (χ2v) is 11.4. The molecule has 3 aromatic rings. The molecular formula is C28H31Cl2N3O4S. The van der Waals surface area contributed by atoms with E-state index in [-0.39, 0.29) is 28.1 Å². The van der Waals surface area contributed by atoms with Crippen LogP contribution in [0.5, 0.6) is 0 Å². The first kappa shape index (κ1) is 29.5. The summed E-state index contributed by atoms with van der Waals surface area (Å²) in [6.07, 6.45) is 0.335. The summed E-state index contributed by atoms with van der Waals surface area (Å²) in [5.74, 6) is -0.864. The van der Waals surface area contributed by atoms with Gasteiger partial charge in [-0.15, -0.1) is 0 Å². The maximum Gasteiger partial charge on any atom is 0.264 e. The summed E-state index contributed by atoms with van der Waals surface area (Å²) < 4.78 is 28.7. The molecule has 0 saturated heterocycles. The molecule has 202 valence electrons. The Hall–Kier alpha value is -3.07. The van der Waals surface area contributed by atoms with E-state index in [1.807, 2.05) is 6.92 Å². The fourth-order valence-electron chi connectivity index (χ4n) is 4.00. The molecule has 0 radical (unpaired) electrons. The number of para-hydroxylation sites is 1. The van der Waals surface area contributed by atoms with Crippen molar-refractivity contribution < 1.29 is 18.0 Å². The average molecular weight is 577 g/mol. The minimum Gasteiger partial charge on any atom is -0.355 e. The highest BCUT2D eigenvalue weighted by Crippen LogP contribution is 2.31. The fourth-order valence-corrected chi connectivity index (χ4v) is 5.85. The van der Waals surface area contributed by atoms with Gasteiger partial charge in [-0.05, 0) is 62.2 Å². The van der Waals surface area contributed by atoms with Crippen LogP contribution in [0.25, 0.3) is 0 Å². The first-order valence-corrected chi connectivity index (χ1v) is 14.4. The molecule has 0 saturated carbocycles. The normalized spacial score (nSPS) is 12.0. The molecule has 1 unspecified atom stereocenters. The van der Waals surface area contributed by atoms with Crippen LogP contribution in [-0.4, -0.2) is 44.3 Å². The topological polar surface area (TPSA) is 86.8 Å². The molecule has 0 spiro atoms. The Labute approximate surface area is 234 Å². The van der Waals surface area contributed by atoms with E-state index >= 15 is 0 Å². The zero-order chi connectivity index (χ0) is 27.9. The molecule has 0 aliphatic carbocycles. The highest BCUT2D eigenvalue weighted by Gasteiger charge is 2.34. The van der Waals surface area contributed by atoms with Crippen molar-refractivity contribution in [3.63, 3.8) is 0 Å². The van der Waals surface area contributed by atoms with Gasteiger partial charge in [0, 0.05) is 18.1 Å². The second-order valence-electron chi connectivity index (χ2n) is 8.74. The first-order valence-electron chi connectivity index (χ1n) is 12.2. The largest absolute Gasteiger partial charge is 0.355 e. The molecule has 3 rings (SSSR count). The summed E-state index contributed by atoms with van der Waals surface area (Å²) in [6, 6.07) is 18.9. The standard InChI is InChI=1S/C28H31Cl2N3O4S/c1-4-25(28(35)31-5-2)32(18-21-12-14-22(29)15-13-21)27(34)19-33(26-9-7-6-8-24(26)30)38(36,37)23-16-10-20(3)11-17-23/h6-17,25H,4-5,18-19H2,1-3H3,(H,31,35). The van der Waals surface area contributed by atoms with Gasteiger partial charge in [0.25, 0.3) is 10.0 Å². The van der Waals surface area contributed by atoms with Crippen LogP contribution in [0, 0.1) is 6.92 Å². The van der Waals surface area contributed by atoms with E-state index in [1.165, 1.54) is 17.0 Å². The predicted molar refractivity (Wildman–Crippen MR) is 152 cm³/mol. The highest BCUT2D eigenvalue weighted by atomic mass is 35.5. The SMILES string of the molecule is CCNC(=O)C(CC)N(Cc1ccc(Cl)cc1)C(=O)CN(c1ccccc1Cl)S(=O)(=O)c1ccc(C)cc1. The van der Waals surface area contributed by atoms with Crippen molar-refractivity contribution in [1.82, 2.24) is 10.2 Å². The quantitative estimate of drug-likeness (QED) is 0.330. The molecule has 1 N–H and O–H groups in total. The number of hydrogen-bond donors (Lipinski definition) is 1. The van der Waals surface area contributed by atoms with E-state index in [0.29, 0.717) is 18.0 Å². The van der Waals surface area contributed by atoms with Gasteiger partial charge >= 0.3 is 0 Å². The van der Waals surface area contributed by atoms with Crippen molar-refractivity contribution in [2.24, 2.45) is 0 Å². The van der Waals surface area contributed by atoms with Gasteiger partial charge in [-0.1, -0.05) is 72.1 Å². The molecular weight excluding hydrogens is 545 g/mol. The van der Waals surface area contributed by atoms with E-state index < -0.39 is 28.5 Å². The number of carbonyl (C=O) groups is 2. The van der Waals surface area contributed by atoms with Crippen molar-refractivity contribution in [3.05, 3.63) is 94.0 Å². The number of carbonyl (C=O) groups excluding carboxylic acids is 2. The minimum atomic E-state index is -4.18. The lowest BCUT2D eigenvalue weighted by Gasteiger charge is -2.33. The minimum absolute atomic E-state index is 0.0239. The zero-order valence-corrected chi connectivity index (χ0v) is 23.9. The van der Waals surface area contributed by atoms with Crippen molar-refractivity contribution >= 4 is 50.7 Å². The van der Waals surface area contributed by atoms with Crippen LogP contribution in [-0.2, 0) is 26.2 Å². The first-order chi connectivity index (χ1) is 18.1. The van der Waals surface area contributed by atoms with Gasteiger partial charge in [0.2, 0.25) is 11.8 Å². The number of amides is 2. The number of hydrogen-bond acceptors (Lipinski definition) is 4. The van der Waals surface area contributed by atoms with Crippen LogP contribution in [0.1, 0.15) is 31.4 Å². The average Bonchev–Trinajstić information content (AvgIpc) is 2.89. The molecule has 0 bridgehead atoms. The third kappa shape index (κ3) is 7.07. The Morgan fingerprint density at radius 3 is 2.13 bits per heavy atom. The molecule has 0 heterocycles. The van der Waals surface area contributed by atoms with Crippen LogP contribution < -0.4 is 9.62 Å². The second kappa shape index (κ2) is 13.1. The van der Waals surface area contributed by atoms with Crippen molar-refractivity contribution in [2.45, 2.75) is 44.7 Å². The van der Waals surface area contributed by atoms with Crippen molar-refractivity contribution in [1.29, 1.82) is 0 Å². The molecule has 0 aliphatic heterocycles. The third-order valence-electron chi connectivity index (χ3n) is 6.01. The van der Waals surface area contributed by atoms with Gasteiger partial charge in [-0.3, -0.25) is 13.9 Å². The summed E-state index contributed by atoms with van der Waals surface area (Å²) in [5.41, 5.74) is 1.81. The Morgan fingerprint density at radius 1 is 0.921 bits per heavy atom. The zero-order valence-electron chi connectivity index (χ0n) is 21.5. The number of nitrogens with zero attached hydrogens (tertiary/aromatic N) is 2. The molecule has 38 heavy (non-hydrogen) atoms. The van der Waals surface area contributed by atoms with Gasteiger partial charge < -0.3 is 10.2 Å². The summed E-state index contributed by atoms with van der Waals surface area (Å²) in [4.78, 5) is 28.3. The lowest BCUT2D eigenvalue weighted by molar-refractivity contribution is -0.140. The Bertz CT molecular complexity index is 1360. The fraction of sp³-hybridized carbons (Fsp3) is 0.286. The Morgan fingerprint density at radius 2 is 1.55 bits per heavy atom. The number of nitrogens with one attached hydrogen (secondary N) is 1. The highest BCUT2D eigenvalue weighted by molar-refractivity contribution is 7.92. The lowest BCUT2D eigenvalue weighted by Crippen LogP contribution is -2.52. The summed E-state index contributed by atoms with van der Waals surface area (Å²) in [5, 5.41) is 3.49. The Balaban J connectivity index is 2.06. The van der Waals surface area contributed by atoms with Gasteiger partial charge in [0.15, 0.2) is 0 Å². The van der Waals surface area contributed by atoms with Crippen LogP contribution >= 0.6 is 23.2 Å². The molecule has 2 amide bonds. The van der Waals surface area contributed by atoms with Crippen LogP contribution in [0.15, 0.2) is 77.7 Å². The molecule has 7 nitrogen and oxygen atoms in total. The molecule has 3 aromatic carbocycles.